The second-order valence-corrected chi connectivity index (χ2v) is 5.19. The van der Waals surface area contributed by atoms with E-state index in [4.69, 9.17) is 13.0 Å². The van der Waals surface area contributed by atoms with E-state index in [1.165, 1.54) is 0 Å². The van der Waals surface area contributed by atoms with Crippen molar-refractivity contribution in [1.82, 2.24) is 19.5 Å². The Morgan fingerprint density at radius 1 is 1.25 bits per heavy atom. The molecule has 4 nitrogen and oxygen atoms in total. The molecule has 0 bridgehead atoms. The lowest BCUT2D eigenvalue weighted by atomic mass is 10.1. The van der Waals surface area contributed by atoms with E-state index < -0.39 is 6.02 Å². The van der Waals surface area contributed by atoms with Crippen LogP contribution in [0.1, 0.15) is 27.1 Å². The number of aryl methyl sites for hydroxylation is 1. The highest BCUT2D eigenvalue weighted by atomic mass is 35.5. The van der Waals surface area contributed by atoms with E-state index in [0.29, 0.717) is 0 Å². The number of hydrogen-bond acceptors (Lipinski definition) is 3. The highest BCUT2D eigenvalue weighted by Gasteiger charge is 2.11. The number of fused-ring (bicyclic) bond motifs is 1. The summed E-state index contributed by atoms with van der Waals surface area (Å²) >= 11 is 5.85. The Bertz CT molecular complexity index is 820. The van der Waals surface area contributed by atoms with E-state index in [2.05, 4.69) is 15.0 Å². The van der Waals surface area contributed by atoms with Gasteiger partial charge in [-0.1, -0.05) is 6.07 Å². The minimum atomic E-state index is -0.777. The summed E-state index contributed by atoms with van der Waals surface area (Å²) in [5, 5.41) is 0.220. The zero-order valence-electron chi connectivity index (χ0n) is 12.6. The van der Waals surface area contributed by atoms with Gasteiger partial charge in [0.05, 0.1) is 18.1 Å². The number of hydrogen-bond donors (Lipinski definition) is 0. The van der Waals surface area contributed by atoms with Gasteiger partial charge in [-0.25, -0.2) is 15.0 Å². The Labute approximate surface area is 123 Å². The molecule has 5 heteroatoms. The van der Waals surface area contributed by atoms with Crippen molar-refractivity contribution >= 4 is 22.6 Å². The molecule has 20 heavy (non-hydrogen) atoms. The Balaban J connectivity index is 2.24. The number of benzene rings is 1. The Kier molecular flexibility index (Phi) is 2.89. The SMILES string of the molecule is [2H]C(C)(C)n1c(C)nc2ccc(-c3ccnc(Cl)n3)cc21. The fourth-order valence-corrected chi connectivity index (χ4v) is 2.56. The van der Waals surface area contributed by atoms with Crippen LogP contribution in [0.3, 0.4) is 0 Å². The summed E-state index contributed by atoms with van der Waals surface area (Å²) in [5.74, 6) is 0.822. The third-order valence-electron chi connectivity index (χ3n) is 3.19. The minimum absolute atomic E-state index is 0.220. The van der Waals surface area contributed by atoms with Gasteiger partial charge in [-0.2, -0.15) is 0 Å². The van der Waals surface area contributed by atoms with Gasteiger partial charge in [0.1, 0.15) is 5.82 Å². The molecule has 0 radical (unpaired) electrons. The predicted molar refractivity (Wildman–Crippen MR) is 80.9 cm³/mol. The first-order chi connectivity index (χ1) is 9.86. The molecule has 102 valence electrons. The molecule has 1 aromatic carbocycles. The molecule has 0 amide bonds. The van der Waals surface area contributed by atoms with Crippen LogP contribution in [0.15, 0.2) is 30.5 Å². The molecule has 0 aliphatic carbocycles. The normalized spacial score (nSPS) is 12.7. The van der Waals surface area contributed by atoms with Gasteiger partial charge in [0.15, 0.2) is 0 Å². The molecule has 0 saturated carbocycles. The maximum Gasteiger partial charge on any atom is 0.222 e. The molecule has 0 saturated heterocycles. The van der Waals surface area contributed by atoms with Crippen LogP contribution in [0.25, 0.3) is 22.3 Å². The molecule has 0 fully saturated rings. The number of imidazole rings is 1. The molecule has 0 N–H and O–H groups in total. The van der Waals surface area contributed by atoms with Crippen LogP contribution in [0, 0.1) is 6.92 Å². The van der Waals surface area contributed by atoms with E-state index >= 15 is 0 Å². The van der Waals surface area contributed by atoms with Crippen molar-refractivity contribution in [2.75, 3.05) is 0 Å². The summed E-state index contributed by atoms with van der Waals surface area (Å²) in [6, 6.07) is 6.92. The summed E-state index contributed by atoms with van der Waals surface area (Å²) in [4.78, 5) is 12.6. The first-order valence-corrected chi connectivity index (χ1v) is 6.72. The second kappa shape index (κ2) is 4.87. The van der Waals surface area contributed by atoms with Crippen LogP contribution in [-0.4, -0.2) is 19.5 Å². The number of halogens is 1. The number of aromatic nitrogens is 4. The summed E-state index contributed by atoms with van der Waals surface area (Å²) in [6.45, 7) is 5.60. The molecular formula is C15H15ClN4. The van der Waals surface area contributed by atoms with Gasteiger partial charge < -0.3 is 4.57 Å². The lowest BCUT2D eigenvalue weighted by molar-refractivity contribution is 0.600. The van der Waals surface area contributed by atoms with Crippen molar-refractivity contribution in [3.8, 4) is 11.3 Å². The van der Waals surface area contributed by atoms with E-state index in [9.17, 15) is 0 Å². The number of rotatable bonds is 2. The zero-order valence-corrected chi connectivity index (χ0v) is 12.3. The largest absolute Gasteiger partial charge is 0.326 e. The average Bonchev–Trinajstić information content (AvgIpc) is 2.73. The van der Waals surface area contributed by atoms with Gasteiger partial charge in [-0.15, -0.1) is 0 Å². The van der Waals surface area contributed by atoms with E-state index in [1.807, 2.05) is 49.6 Å². The van der Waals surface area contributed by atoms with Crippen molar-refractivity contribution < 1.29 is 1.37 Å². The molecule has 2 heterocycles. The Morgan fingerprint density at radius 2 is 2.05 bits per heavy atom. The van der Waals surface area contributed by atoms with E-state index in [1.54, 1.807) is 6.20 Å². The topological polar surface area (TPSA) is 43.6 Å². The summed E-state index contributed by atoms with van der Waals surface area (Å²) in [6.07, 6.45) is 1.63. The molecule has 0 spiro atoms. The van der Waals surface area contributed by atoms with Crippen LogP contribution in [0.5, 0.6) is 0 Å². The quantitative estimate of drug-likeness (QED) is 0.668. The van der Waals surface area contributed by atoms with Crippen molar-refractivity contribution in [3.05, 3.63) is 41.6 Å². The van der Waals surface area contributed by atoms with Gasteiger partial charge in [0.2, 0.25) is 5.28 Å². The van der Waals surface area contributed by atoms with Gasteiger partial charge in [-0.3, -0.25) is 0 Å². The van der Waals surface area contributed by atoms with Gasteiger partial charge in [0.25, 0.3) is 0 Å². The fourth-order valence-electron chi connectivity index (χ4n) is 2.42. The van der Waals surface area contributed by atoms with Crippen LogP contribution >= 0.6 is 11.6 Å². The maximum atomic E-state index is 8.30. The summed E-state index contributed by atoms with van der Waals surface area (Å²) in [7, 11) is 0. The first-order valence-electron chi connectivity index (χ1n) is 6.85. The van der Waals surface area contributed by atoms with Gasteiger partial charge in [0, 0.05) is 17.8 Å². The highest BCUT2D eigenvalue weighted by Crippen LogP contribution is 2.26. The van der Waals surface area contributed by atoms with Crippen molar-refractivity contribution in [3.63, 3.8) is 0 Å². The zero-order chi connectivity index (χ0) is 15.2. The Hall–Kier alpha value is -1.94. The average molecular weight is 288 g/mol. The van der Waals surface area contributed by atoms with Crippen molar-refractivity contribution in [1.29, 1.82) is 0 Å². The predicted octanol–water partition coefficient (Wildman–Crippen LogP) is 4.04. The molecule has 0 aliphatic heterocycles. The molecule has 0 aliphatic rings. The smallest absolute Gasteiger partial charge is 0.222 e. The van der Waals surface area contributed by atoms with Crippen LogP contribution in [0.2, 0.25) is 5.28 Å². The van der Waals surface area contributed by atoms with Crippen LogP contribution < -0.4 is 0 Å². The lowest BCUT2D eigenvalue weighted by Crippen LogP contribution is -2.02. The standard InChI is InChI=1S/C15H15ClN4/c1-9(2)20-10(3)18-13-5-4-11(8-14(13)20)12-6-7-17-15(16)19-12/h4-9H,1-3H3/i9D. The third kappa shape index (κ3) is 2.16. The molecule has 0 unspecified atom stereocenters. The van der Waals surface area contributed by atoms with Crippen LogP contribution in [-0.2, 0) is 0 Å². The van der Waals surface area contributed by atoms with Gasteiger partial charge in [-0.05, 0) is 50.6 Å². The minimum Gasteiger partial charge on any atom is -0.326 e. The van der Waals surface area contributed by atoms with Crippen LogP contribution in [0.4, 0.5) is 0 Å². The Morgan fingerprint density at radius 3 is 2.75 bits per heavy atom. The molecule has 3 rings (SSSR count). The number of nitrogens with zero attached hydrogens (tertiary/aromatic N) is 4. The molecule has 3 aromatic rings. The van der Waals surface area contributed by atoms with Crippen molar-refractivity contribution in [2.45, 2.75) is 26.8 Å². The van der Waals surface area contributed by atoms with E-state index in [0.717, 1.165) is 28.1 Å². The fraction of sp³-hybridized carbons (Fsp3) is 0.267. The van der Waals surface area contributed by atoms with Gasteiger partial charge >= 0.3 is 0 Å². The second-order valence-electron chi connectivity index (χ2n) is 4.86. The first kappa shape index (κ1) is 11.9. The summed E-state index contributed by atoms with van der Waals surface area (Å²) in [5.41, 5.74) is 3.47. The summed E-state index contributed by atoms with van der Waals surface area (Å²) < 4.78 is 10.2. The maximum absolute atomic E-state index is 8.30. The molecule has 0 atom stereocenters. The highest BCUT2D eigenvalue weighted by molar-refractivity contribution is 6.28. The van der Waals surface area contributed by atoms with E-state index in [-0.39, 0.29) is 5.28 Å². The lowest BCUT2D eigenvalue weighted by Gasteiger charge is -2.11. The monoisotopic (exact) mass is 287 g/mol. The van der Waals surface area contributed by atoms with Crippen molar-refractivity contribution in [2.24, 2.45) is 0 Å². The molecular weight excluding hydrogens is 272 g/mol. The molecule has 2 aromatic heterocycles. The third-order valence-corrected chi connectivity index (χ3v) is 3.37.